The quantitative estimate of drug-likeness (QED) is 0.280. The average Bonchev–Trinajstić information content (AvgIpc) is 3.29. The lowest BCUT2D eigenvalue weighted by molar-refractivity contribution is 0.0778. The lowest BCUT2D eigenvalue weighted by atomic mass is 10.1. The SMILES string of the molecule is CCCCCCCCCn1[nH]c(=O)nc1OC(CCCCCCCC)n1[nH]c(=O)cc1O. The number of aromatic amines is 2. The Morgan fingerprint density at radius 2 is 1.50 bits per heavy atom. The third kappa shape index (κ3) is 8.96. The lowest BCUT2D eigenvalue weighted by Gasteiger charge is -2.20. The first-order valence-electron chi connectivity index (χ1n) is 12.4. The van der Waals surface area contributed by atoms with Crippen LogP contribution >= 0.6 is 0 Å². The van der Waals surface area contributed by atoms with Gasteiger partial charge in [0, 0.05) is 13.0 Å². The zero-order valence-electron chi connectivity index (χ0n) is 19.8. The monoisotopic (exact) mass is 451 g/mol. The van der Waals surface area contributed by atoms with E-state index in [2.05, 4.69) is 29.0 Å². The summed E-state index contributed by atoms with van der Waals surface area (Å²) in [5.41, 5.74) is -0.868. The summed E-state index contributed by atoms with van der Waals surface area (Å²) in [6.07, 6.45) is 14.8. The minimum Gasteiger partial charge on any atom is -0.493 e. The van der Waals surface area contributed by atoms with Crippen LogP contribution in [0.5, 0.6) is 11.9 Å². The van der Waals surface area contributed by atoms with E-state index in [0.717, 1.165) is 38.2 Å². The molecule has 182 valence electrons. The van der Waals surface area contributed by atoms with Crippen LogP contribution in [0.1, 0.15) is 110 Å². The highest BCUT2D eigenvalue weighted by atomic mass is 16.5. The van der Waals surface area contributed by atoms with Crippen molar-refractivity contribution in [1.82, 2.24) is 24.5 Å². The molecule has 0 spiro atoms. The van der Waals surface area contributed by atoms with Crippen LogP contribution in [0.3, 0.4) is 0 Å². The Balaban J connectivity index is 1.96. The first-order valence-corrected chi connectivity index (χ1v) is 12.4. The number of nitrogens with zero attached hydrogens (tertiary/aromatic N) is 3. The van der Waals surface area contributed by atoms with Gasteiger partial charge in [0.25, 0.3) is 5.56 Å². The van der Waals surface area contributed by atoms with Crippen LogP contribution in [0.15, 0.2) is 15.7 Å². The van der Waals surface area contributed by atoms with Gasteiger partial charge in [-0.15, -0.1) is 4.98 Å². The zero-order chi connectivity index (χ0) is 23.2. The Kier molecular flexibility index (Phi) is 11.8. The smallest absolute Gasteiger partial charge is 0.364 e. The molecule has 0 aromatic carbocycles. The number of ether oxygens (including phenoxy) is 1. The standard InChI is InChI=1S/C23H41N5O4/c1-3-5-7-9-11-13-15-17-27-23(24-22(31)26-27)32-21(16-14-12-10-8-6-4-2)28-20(30)18-19(29)25-28/h18,21,30H,3-17H2,1-2H3,(H,25,29)(H,26,31). The fraction of sp³-hybridized carbons (Fsp3) is 0.783. The van der Waals surface area contributed by atoms with Crippen LogP contribution in [-0.2, 0) is 6.54 Å². The molecule has 0 aliphatic carbocycles. The highest BCUT2D eigenvalue weighted by Crippen LogP contribution is 2.23. The molecule has 2 aromatic heterocycles. The lowest BCUT2D eigenvalue weighted by Crippen LogP contribution is -2.21. The molecule has 2 rings (SSSR count). The summed E-state index contributed by atoms with van der Waals surface area (Å²) in [5, 5.41) is 15.4. The molecule has 0 radical (unpaired) electrons. The average molecular weight is 452 g/mol. The Morgan fingerprint density at radius 3 is 2.09 bits per heavy atom. The molecular weight excluding hydrogens is 410 g/mol. The summed E-state index contributed by atoms with van der Waals surface area (Å²) < 4.78 is 8.98. The van der Waals surface area contributed by atoms with Crippen LogP contribution < -0.4 is 16.0 Å². The van der Waals surface area contributed by atoms with Crippen LogP contribution in [-0.4, -0.2) is 29.7 Å². The van der Waals surface area contributed by atoms with Crippen molar-refractivity contribution in [3.05, 3.63) is 26.9 Å². The molecule has 1 atom stereocenters. The maximum absolute atomic E-state index is 11.9. The van der Waals surface area contributed by atoms with Gasteiger partial charge in [-0.05, 0) is 12.8 Å². The second-order valence-electron chi connectivity index (χ2n) is 8.56. The van der Waals surface area contributed by atoms with Crippen LogP contribution in [0.4, 0.5) is 0 Å². The summed E-state index contributed by atoms with van der Waals surface area (Å²) in [4.78, 5) is 27.5. The van der Waals surface area contributed by atoms with Gasteiger partial charge in [0.1, 0.15) is 0 Å². The van der Waals surface area contributed by atoms with E-state index in [-0.39, 0.29) is 11.9 Å². The van der Waals surface area contributed by atoms with Crippen molar-refractivity contribution in [3.63, 3.8) is 0 Å². The van der Waals surface area contributed by atoms with E-state index < -0.39 is 17.5 Å². The Labute approximate surface area is 190 Å². The fourth-order valence-electron chi connectivity index (χ4n) is 3.88. The number of aromatic nitrogens is 5. The topological polar surface area (TPSA) is 118 Å². The van der Waals surface area contributed by atoms with Crippen molar-refractivity contribution < 1.29 is 9.84 Å². The van der Waals surface area contributed by atoms with E-state index in [1.54, 1.807) is 4.68 Å². The zero-order valence-corrected chi connectivity index (χ0v) is 19.8. The fourth-order valence-corrected chi connectivity index (χ4v) is 3.88. The van der Waals surface area contributed by atoms with Gasteiger partial charge in [-0.3, -0.25) is 9.89 Å². The largest absolute Gasteiger partial charge is 0.493 e. The van der Waals surface area contributed by atoms with Crippen LogP contribution in [0.25, 0.3) is 0 Å². The maximum atomic E-state index is 11.9. The summed E-state index contributed by atoms with van der Waals surface area (Å²) in [6, 6.07) is 1.30. The van der Waals surface area contributed by atoms with Gasteiger partial charge in [-0.25, -0.2) is 19.3 Å². The number of rotatable bonds is 18. The summed E-state index contributed by atoms with van der Waals surface area (Å²) in [5.74, 6) is -0.192. The first-order chi connectivity index (χ1) is 15.5. The molecule has 9 heteroatoms. The van der Waals surface area contributed by atoms with Crippen molar-refractivity contribution in [2.75, 3.05) is 0 Å². The van der Waals surface area contributed by atoms with Crippen molar-refractivity contribution in [2.24, 2.45) is 0 Å². The molecule has 3 N–H and O–H groups in total. The number of aryl methyl sites for hydroxylation is 1. The number of aromatic hydroxyl groups is 1. The number of nitrogens with one attached hydrogen (secondary N) is 2. The summed E-state index contributed by atoms with van der Waals surface area (Å²) in [7, 11) is 0. The molecule has 0 bridgehead atoms. The molecule has 0 saturated heterocycles. The van der Waals surface area contributed by atoms with Gasteiger partial charge >= 0.3 is 11.7 Å². The van der Waals surface area contributed by atoms with E-state index in [4.69, 9.17) is 4.74 Å². The van der Waals surface area contributed by atoms with Crippen molar-refractivity contribution in [1.29, 1.82) is 0 Å². The molecule has 0 aliphatic heterocycles. The third-order valence-corrected chi connectivity index (χ3v) is 5.72. The van der Waals surface area contributed by atoms with E-state index in [0.29, 0.717) is 13.0 Å². The van der Waals surface area contributed by atoms with Gasteiger partial charge in [0.2, 0.25) is 5.88 Å². The van der Waals surface area contributed by atoms with Gasteiger partial charge in [-0.2, -0.15) is 0 Å². The highest BCUT2D eigenvalue weighted by Gasteiger charge is 2.20. The molecule has 2 heterocycles. The highest BCUT2D eigenvalue weighted by molar-refractivity contribution is 5.06. The summed E-state index contributed by atoms with van der Waals surface area (Å²) in [6.45, 7) is 5.00. The van der Waals surface area contributed by atoms with E-state index in [1.165, 1.54) is 56.0 Å². The van der Waals surface area contributed by atoms with Crippen molar-refractivity contribution >= 4 is 0 Å². The number of hydrogen-bond acceptors (Lipinski definition) is 5. The summed E-state index contributed by atoms with van der Waals surface area (Å²) >= 11 is 0. The maximum Gasteiger partial charge on any atom is 0.364 e. The van der Waals surface area contributed by atoms with E-state index in [9.17, 15) is 14.7 Å². The minimum absolute atomic E-state index is 0.186. The Morgan fingerprint density at radius 1 is 0.906 bits per heavy atom. The number of H-pyrrole nitrogens is 2. The molecule has 0 fully saturated rings. The Hall–Kier alpha value is -2.45. The first kappa shape index (κ1) is 25.8. The van der Waals surface area contributed by atoms with E-state index >= 15 is 0 Å². The predicted octanol–water partition coefficient (Wildman–Crippen LogP) is 4.85. The van der Waals surface area contributed by atoms with Gasteiger partial charge in [0.05, 0.1) is 6.07 Å². The molecule has 32 heavy (non-hydrogen) atoms. The third-order valence-electron chi connectivity index (χ3n) is 5.72. The molecule has 0 saturated carbocycles. The van der Waals surface area contributed by atoms with E-state index in [1.807, 2.05) is 0 Å². The van der Waals surface area contributed by atoms with Gasteiger partial charge in [-0.1, -0.05) is 84.5 Å². The minimum atomic E-state index is -0.646. The molecular formula is C23H41N5O4. The number of hydrogen-bond donors (Lipinski definition) is 3. The normalized spacial score (nSPS) is 12.3. The molecule has 0 aliphatic rings. The Bertz CT molecular complexity index is 866. The second kappa shape index (κ2) is 14.6. The molecule has 9 nitrogen and oxygen atoms in total. The second-order valence-corrected chi connectivity index (χ2v) is 8.56. The van der Waals surface area contributed by atoms with Crippen molar-refractivity contribution in [2.45, 2.75) is 117 Å². The molecule has 0 amide bonds. The van der Waals surface area contributed by atoms with Gasteiger partial charge < -0.3 is 9.84 Å². The van der Waals surface area contributed by atoms with Crippen LogP contribution in [0, 0.1) is 0 Å². The molecule has 2 aromatic rings. The van der Waals surface area contributed by atoms with Crippen LogP contribution in [0.2, 0.25) is 0 Å². The predicted molar refractivity (Wildman–Crippen MR) is 125 cm³/mol. The number of unbranched alkanes of at least 4 members (excludes halogenated alkanes) is 11. The van der Waals surface area contributed by atoms with Gasteiger partial charge in [0.15, 0.2) is 6.23 Å². The molecule has 1 unspecified atom stereocenters. The van der Waals surface area contributed by atoms with Crippen molar-refractivity contribution in [3.8, 4) is 11.9 Å².